The number of allylic oxidation sites excluding steroid dienone is 2. The summed E-state index contributed by atoms with van der Waals surface area (Å²) in [6, 6.07) is 0. The molecule has 2 aliphatic heterocycles. The van der Waals surface area contributed by atoms with Gasteiger partial charge in [0.2, 0.25) is 0 Å². The Bertz CT molecular complexity index is 227. The van der Waals surface area contributed by atoms with Gasteiger partial charge >= 0.3 is 0 Å². The van der Waals surface area contributed by atoms with Crippen LogP contribution >= 0.6 is 0 Å². The Morgan fingerprint density at radius 1 is 1.60 bits per heavy atom. The SMILES string of the molecule is CC1=NNC2C=CC=CN12. The highest BCUT2D eigenvalue weighted by Gasteiger charge is 2.20. The van der Waals surface area contributed by atoms with Crippen LogP contribution in [0.4, 0.5) is 0 Å². The monoisotopic (exact) mass is 135 g/mol. The summed E-state index contributed by atoms with van der Waals surface area (Å²) < 4.78 is 0. The number of hydrogen-bond donors (Lipinski definition) is 1. The lowest BCUT2D eigenvalue weighted by Crippen LogP contribution is -2.34. The van der Waals surface area contributed by atoms with E-state index < -0.39 is 0 Å². The molecular formula is C7H9N3. The van der Waals surface area contributed by atoms with Crippen molar-refractivity contribution in [2.45, 2.75) is 13.1 Å². The smallest absolute Gasteiger partial charge is 0.139 e. The van der Waals surface area contributed by atoms with Crippen LogP contribution in [0.25, 0.3) is 0 Å². The molecule has 0 aromatic carbocycles. The molecule has 3 heteroatoms. The number of nitrogens with one attached hydrogen (secondary N) is 1. The Morgan fingerprint density at radius 3 is 3.30 bits per heavy atom. The molecule has 1 unspecified atom stereocenters. The van der Waals surface area contributed by atoms with Crippen molar-refractivity contribution in [3.05, 3.63) is 24.4 Å². The minimum atomic E-state index is 0.255. The first-order chi connectivity index (χ1) is 4.88. The Hall–Kier alpha value is -1.25. The first-order valence-electron chi connectivity index (χ1n) is 3.31. The van der Waals surface area contributed by atoms with Gasteiger partial charge in [-0.05, 0) is 19.1 Å². The number of nitrogens with zero attached hydrogens (tertiary/aromatic N) is 2. The van der Waals surface area contributed by atoms with Crippen LogP contribution in [0.3, 0.4) is 0 Å². The fourth-order valence-corrected chi connectivity index (χ4v) is 1.13. The van der Waals surface area contributed by atoms with Crippen LogP contribution in [0.2, 0.25) is 0 Å². The fraction of sp³-hybridized carbons (Fsp3) is 0.286. The lowest BCUT2D eigenvalue weighted by molar-refractivity contribution is 0.443. The fourth-order valence-electron chi connectivity index (χ4n) is 1.13. The Labute approximate surface area is 59.7 Å². The summed E-state index contributed by atoms with van der Waals surface area (Å²) in [5.74, 6) is 1.02. The highest BCUT2D eigenvalue weighted by atomic mass is 15.5. The number of rotatable bonds is 0. The van der Waals surface area contributed by atoms with Crippen molar-refractivity contribution in [3.8, 4) is 0 Å². The van der Waals surface area contributed by atoms with E-state index in [1.807, 2.05) is 25.3 Å². The molecule has 2 rings (SSSR count). The molecule has 52 valence electrons. The lowest BCUT2D eigenvalue weighted by atomic mass is 10.3. The maximum Gasteiger partial charge on any atom is 0.139 e. The zero-order chi connectivity index (χ0) is 6.97. The first-order valence-corrected chi connectivity index (χ1v) is 3.31. The molecule has 0 saturated heterocycles. The summed E-state index contributed by atoms with van der Waals surface area (Å²) in [7, 11) is 0. The molecule has 0 amide bonds. The molecule has 3 nitrogen and oxygen atoms in total. The van der Waals surface area contributed by atoms with Crippen molar-refractivity contribution in [2.24, 2.45) is 5.10 Å². The molecule has 0 radical (unpaired) electrons. The van der Waals surface area contributed by atoms with Gasteiger partial charge in [-0.3, -0.25) is 5.43 Å². The van der Waals surface area contributed by atoms with Gasteiger partial charge in [0.1, 0.15) is 12.0 Å². The van der Waals surface area contributed by atoms with Crippen LogP contribution in [0.15, 0.2) is 29.5 Å². The van der Waals surface area contributed by atoms with E-state index in [1.165, 1.54) is 0 Å². The number of fused-ring (bicyclic) bond motifs is 1. The second kappa shape index (κ2) is 1.87. The summed E-state index contributed by atoms with van der Waals surface area (Å²) in [4.78, 5) is 2.08. The molecule has 2 heterocycles. The van der Waals surface area contributed by atoms with Crippen molar-refractivity contribution in [2.75, 3.05) is 0 Å². The van der Waals surface area contributed by atoms with Crippen molar-refractivity contribution < 1.29 is 0 Å². The third-order valence-electron chi connectivity index (χ3n) is 1.68. The van der Waals surface area contributed by atoms with Gasteiger partial charge in [0.05, 0.1) is 0 Å². The largest absolute Gasteiger partial charge is 0.309 e. The van der Waals surface area contributed by atoms with Gasteiger partial charge in [-0.2, -0.15) is 5.10 Å². The summed E-state index contributed by atoms with van der Waals surface area (Å²) in [5, 5.41) is 4.07. The van der Waals surface area contributed by atoms with E-state index >= 15 is 0 Å². The van der Waals surface area contributed by atoms with E-state index in [9.17, 15) is 0 Å². The summed E-state index contributed by atoms with van der Waals surface area (Å²) in [6.45, 7) is 1.98. The molecule has 0 spiro atoms. The normalized spacial score (nSPS) is 27.9. The quantitative estimate of drug-likeness (QED) is 0.527. The summed E-state index contributed by atoms with van der Waals surface area (Å²) in [6.07, 6.45) is 8.36. The molecule has 10 heavy (non-hydrogen) atoms. The summed E-state index contributed by atoms with van der Waals surface area (Å²) in [5.41, 5.74) is 2.98. The highest BCUT2D eigenvalue weighted by Crippen LogP contribution is 2.11. The van der Waals surface area contributed by atoms with E-state index in [1.54, 1.807) is 0 Å². The zero-order valence-corrected chi connectivity index (χ0v) is 5.78. The van der Waals surface area contributed by atoms with Crippen LogP contribution in [0, 0.1) is 0 Å². The standard InChI is InChI=1S/C7H9N3/c1-6-8-9-7-4-2-3-5-10(6)7/h2-5,7,9H,1H3. The van der Waals surface area contributed by atoms with Crippen LogP contribution in [-0.2, 0) is 0 Å². The predicted molar refractivity (Wildman–Crippen MR) is 40.2 cm³/mol. The average Bonchev–Trinajstić information content (AvgIpc) is 2.34. The number of hydrazone groups is 1. The van der Waals surface area contributed by atoms with Gasteiger partial charge in [-0.25, -0.2) is 0 Å². The molecule has 0 aromatic heterocycles. The van der Waals surface area contributed by atoms with E-state index in [-0.39, 0.29) is 6.17 Å². The molecule has 0 saturated carbocycles. The molecule has 0 bridgehead atoms. The van der Waals surface area contributed by atoms with E-state index in [4.69, 9.17) is 0 Å². The van der Waals surface area contributed by atoms with E-state index in [0.29, 0.717) is 0 Å². The maximum atomic E-state index is 4.07. The molecular weight excluding hydrogens is 126 g/mol. The van der Waals surface area contributed by atoms with Crippen LogP contribution in [0.1, 0.15) is 6.92 Å². The first kappa shape index (κ1) is 5.53. The number of amidine groups is 1. The molecule has 0 aliphatic carbocycles. The lowest BCUT2D eigenvalue weighted by Gasteiger charge is -2.20. The van der Waals surface area contributed by atoms with Gasteiger partial charge in [0.15, 0.2) is 0 Å². The minimum Gasteiger partial charge on any atom is -0.309 e. The van der Waals surface area contributed by atoms with Crippen molar-refractivity contribution in [1.29, 1.82) is 0 Å². The maximum absolute atomic E-state index is 4.07. The van der Waals surface area contributed by atoms with Gasteiger partial charge < -0.3 is 4.90 Å². The van der Waals surface area contributed by atoms with Crippen LogP contribution in [0.5, 0.6) is 0 Å². The predicted octanol–water partition coefficient (Wildman–Crippen LogP) is 0.635. The second-order valence-corrected chi connectivity index (χ2v) is 2.37. The van der Waals surface area contributed by atoms with Gasteiger partial charge in [-0.15, -0.1) is 0 Å². The third-order valence-corrected chi connectivity index (χ3v) is 1.68. The molecule has 1 N–H and O–H groups in total. The summed E-state index contributed by atoms with van der Waals surface area (Å²) >= 11 is 0. The van der Waals surface area contributed by atoms with Crippen LogP contribution < -0.4 is 5.43 Å². The minimum absolute atomic E-state index is 0.255. The van der Waals surface area contributed by atoms with Crippen molar-refractivity contribution in [3.63, 3.8) is 0 Å². The average molecular weight is 135 g/mol. The molecule has 2 aliphatic rings. The van der Waals surface area contributed by atoms with Gasteiger partial charge in [0, 0.05) is 6.20 Å². The Kier molecular flexibility index (Phi) is 1.03. The number of hydrogen-bond acceptors (Lipinski definition) is 3. The second-order valence-electron chi connectivity index (χ2n) is 2.37. The topological polar surface area (TPSA) is 27.6 Å². The molecule has 0 aromatic rings. The van der Waals surface area contributed by atoms with Crippen molar-refractivity contribution in [1.82, 2.24) is 10.3 Å². The Balaban J connectivity index is 2.27. The van der Waals surface area contributed by atoms with Gasteiger partial charge in [0.25, 0.3) is 0 Å². The molecule has 0 fully saturated rings. The van der Waals surface area contributed by atoms with E-state index in [0.717, 1.165) is 5.84 Å². The van der Waals surface area contributed by atoms with Crippen LogP contribution in [-0.4, -0.2) is 16.9 Å². The van der Waals surface area contributed by atoms with Gasteiger partial charge in [-0.1, -0.05) is 6.08 Å². The third kappa shape index (κ3) is 0.635. The molecule has 1 atom stereocenters. The van der Waals surface area contributed by atoms with E-state index in [2.05, 4.69) is 21.5 Å². The van der Waals surface area contributed by atoms with Crippen molar-refractivity contribution >= 4 is 5.84 Å². The highest BCUT2D eigenvalue weighted by molar-refractivity contribution is 5.82. The zero-order valence-electron chi connectivity index (χ0n) is 5.78. The Morgan fingerprint density at radius 2 is 2.50 bits per heavy atom.